The molecule has 0 aliphatic rings. The molecule has 0 bridgehead atoms. The van der Waals surface area contributed by atoms with E-state index in [9.17, 15) is 8.96 Å². The SMILES string of the molecule is CCOP(=O)(OCC)C(Nc1ccc(Cl)cc1)c1ccc(F)cc1. The van der Waals surface area contributed by atoms with Crippen molar-refractivity contribution in [1.82, 2.24) is 0 Å². The number of hydrogen-bond donors (Lipinski definition) is 1. The topological polar surface area (TPSA) is 47.6 Å². The van der Waals surface area contributed by atoms with Gasteiger partial charge in [-0.15, -0.1) is 0 Å². The second-order valence-electron chi connectivity index (χ2n) is 4.98. The van der Waals surface area contributed by atoms with E-state index in [2.05, 4.69) is 5.32 Å². The fourth-order valence-electron chi connectivity index (χ4n) is 2.24. The summed E-state index contributed by atoms with van der Waals surface area (Å²) in [6.07, 6.45) is 0. The lowest BCUT2D eigenvalue weighted by Gasteiger charge is -2.28. The summed E-state index contributed by atoms with van der Waals surface area (Å²) < 4.78 is 37.4. The summed E-state index contributed by atoms with van der Waals surface area (Å²) in [5.41, 5.74) is 1.31. The lowest BCUT2D eigenvalue weighted by Crippen LogP contribution is -2.15. The van der Waals surface area contributed by atoms with Crippen LogP contribution in [0.3, 0.4) is 0 Å². The maximum atomic E-state index is 13.2. The van der Waals surface area contributed by atoms with Gasteiger partial charge in [0.2, 0.25) is 0 Å². The number of halogens is 2. The van der Waals surface area contributed by atoms with Gasteiger partial charge in [-0.1, -0.05) is 23.7 Å². The van der Waals surface area contributed by atoms with Crippen molar-refractivity contribution in [2.45, 2.75) is 19.6 Å². The number of nitrogens with one attached hydrogen (secondary N) is 1. The molecule has 1 unspecified atom stereocenters. The Morgan fingerprint density at radius 3 is 2.08 bits per heavy atom. The third kappa shape index (κ3) is 4.81. The van der Waals surface area contributed by atoms with Crippen LogP contribution in [0, 0.1) is 5.82 Å². The van der Waals surface area contributed by atoms with E-state index in [4.69, 9.17) is 20.6 Å². The number of anilines is 1. The van der Waals surface area contributed by atoms with E-state index < -0.39 is 13.4 Å². The first-order valence-electron chi connectivity index (χ1n) is 7.65. The van der Waals surface area contributed by atoms with Crippen LogP contribution in [0.25, 0.3) is 0 Å². The van der Waals surface area contributed by atoms with E-state index in [1.54, 1.807) is 50.2 Å². The first-order chi connectivity index (χ1) is 11.5. The van der Waals surface area contributed by atoms with Gasteiger partial charge in [0.1, 0.15) is 5.82 Å². The minimum atomic E-state index is -3.51. The first-order valence-corrected chi connectivity index (χ1v) is 9.64. The van der Waals surface area contributed by atoms with Crippen LogP contribution in [0.1, 0.15) is 25.2 Å². The lowest BCUT2D eigenvalue weighted by molar-refractivity contribution is 0.214. The monoisotopic (exact) mass is 371 g/mol. The molecule has 0 aliphatic heterocycles. The maximum Gasteiger partial charge on any atom is 0.357 e. The van der Waals surface area contributed by atoms with Crippen molar-refractivity contribution >= 4 is 24.9 Å². The zero-order valence-corrected chi connectivity index (χ0v) is 15.2. The van der Waals surface area contributed by atoms with Crippen LogP contribution in [0.5, 0.6) is 0 Å². The van der Waals surface area contributed by atoms with Crippen LogP contribution in [0.2, 0.25) is 5.02 Å². The quantitative estimate of drug-likeness (QED) is 0.591. The molecule has 0 spiro atoms. The highest BCUT2D eigenvalue weighted by molar-refractivity contribution is 7.54. The summed E-state index contributed by atoms with van der Waals surface area (Å²) in [5.74, 6) is -1.13. The average molecular weight is 372 g/mol. The standard InChI is InChI=1S/C17H20ClFNO3P/c1-3-22-24(21,23-4-2)17(13-5-9-15(19)10-6-13)20-16-11-7-14(18)8-12-16/h5-12,17,20H,3-4H2,1-2H3. The summed E-state index contributed by atoms with van der Waals surface area (Å²) in [6.45, 7) is 3.96. The minimum absolute atomic E-state index is 0.233. The van der Waals surface area contributed by atoms with Gasteiger partial charge in [0.25, 0.3) is 0 Å². The molecule has 2 aromatic carbocycles. The third-order valence-corrected chi connectivity index (χ3v) is 5.82. The predicted molar refractivity (Wildman–Crippen MR) is 95.1 cm³/mol. The molecule has 0 aromatic heterocycles. The van der Waals surface area contributed by atoms with Gasteiger partial charge >= 0.3 is 7.60 Å². The van der Waals surface area contributed by atoms with Crippen LogP contribution in [-0.4, -0.2) is 13.2 Å². The molecule has 1 atom stereocenters. The van der Waals surface area contributed by atoms with Gasteiger partial charge in [0.15, 0.2) is 5.78 Å². The highest BCUT2D eigenvalue weighted by Crippen LogP contribution is 2.60. The molecule has 2 aromatic rings. The largest absolute Gasteiger partial charge is 0.368 e. The van der Waals surface area contributed by atoms with E-state index in [0.717, 1.165) is 0 Å². The van der Waals surface area contributed by atoms with E-state index in [0.29, 0.717) is 16.3 Å². The summed E-state index contributed by atoms with van der Waals surface area (Å²) in [4.78, 5) is 0. The van der Waals surface area contributed by atoms with Crippen molar-refractivity contribution in [1.29, 1.82) is 0 Å². The second-order valence-corrected chi connectivity index (χ2v) is 7.53. The zero-order chi connectivity index (χ0) is 17.6. The fraction of sp³-hybridized carbons (Fsp3) is 0.294. The molecule has 0 saturated heterocycles. The van der Waals surface area contributed by atoms with Crippen LogP contribution >= 0.6 is 19.2 Å². The summed E-state index contributed by atoms with van der Waals surface area (Å²) in [5, 5.41) is 3.75. The molecule has 0 fully saturated rings. The maximum absolute atomic E-state index is 13.2. The predicted octanol–water partition coefficient (Wildman–Crippen LogP) is 5.86. The molecule has 130 valence electrons. The summed E-state index contributed by atoms with van der Waals surface area (Å²) in [6, 6.07) is 12.7. The third-order valence-electron chi connectivity index (χ3n) is 3.27. The van der Waals surface area contributed by atoms with Crippen LogP contribution in [0.15, 0.2) is 48.5 Å². The highest BCUT2D eigenvalue weighted by Gasteiger charge is 2.37. The Labute approximate surface area is 146 Å². The lowest BCUT2D eigenvalue weighted by atomic mass is 10.2. The molecule has 7 heteroatoms. The van der Waals surface area contributed by atoms with Gasteiger partial charge in [0, 0.05) is 10.7 Å². The van der Waals surface area contributed by atoms with Crippen LogP contribution in [0.4, 0.5) is 10.1 Å². The van der Waals surface area contributed by atoms with Gasteiger partial charge in [-0.25, -0.2) is 4.39 Å². The first kappa shape index (κ1) is 18.9. The molecular weight excluding hydrogens is 352 g/mol. The van der Waals surface area contributed by atoms with Crippen molar-refractivity contribution in [3.63, 3.8) is 0 Å². The van der Waals surface area contributed by atoms with E-state index in [1.165, 1.54) is 12.1 Å². The van der Waals surface area contributed by atoms with Gasteiger partial charge in [-0.3, -0.25) is 4.57 Å². The Hall–Kier alpha value is -1.39. The number of rotatable bonds is 8. The van der Waals surface area contributed by atoms with Crippen LogP contribution < -0.4 is 5.32 Å². The molecule has 0 heterocycles. The molecule has 0 radical (unpaired) electrons. The van der Waals surface area contributed by atoms with Crippen molar-refractivity contribution in [2.75, 3.05) is 18.5 Å². The van der Waals surface area contributed by atoms with Crippen molar-refractivity contribution in [3.8, 4) is 0 Å². The Morgan fingerprint density at radius 1 is 1.04 bits per heavy atom. The fourth-order valence-corrected chi connectivity index (χ4v) is 4.30. The Bertz CT molecular complexity index is 684. The van der Waals surface area contributed by atoms with Gasteiger partial charge in [-0.05, 0) is 55.8 Å². The van der Waals surface area contributed by atoms with Crippen molar-refractivity contribution in [3.05, 3.63) is 64.9 Å². The number of hydrogen-bond acceptors (Lipinski definition) is 4. The molecule has 0 amide bonds. The Balaban J connectivity index is 2.41. The normalized spacial score (nSPS) is 12.8. The second kappa shape index (κ2) is 8.63. The van der Waals surface area contributed by atoms with Gasteiger partial charge in [0.05, 0.1) is 13.2 Å². The highest BCUT2D eigenvalue weighted by atomic mass is 35.5. The molecule has 0 aliphatic carbocycles. The molecular formula is C17H20ClFNO3P. The summed E-state index contributed by atoms with van der Waals surface area (Å²) >= 11 is 5.90. The van der Waals surface area contributed by atoms with Crippen molar-refractivity contribution < 1.29 is 18.0 Å². The van der Waals surface area contributed by atoms with Gasteiger partial charge < -0.3 is 14.4 Å². The molecule has 1 N–H and O–H groups in total. The molecule has 2 rings (SSSR count). The average Bonchev–Trinajstić information content (AvgIpc) is 2.56. The molecule has 24 heavy (non-hydrogen) atoms. The summed E-state index contributed by atoms with van der Waals surface area (Å²) in [7, 11) is -3.51. The van der Waals surface area contributed by atoms with Crippen LogP contribution in [-0.2, 0) is 13.6 Å². The van der Waals surface area contributed by atoms with Crippen molar-refractivity contribution in [2.24, 2.45) is 0 Å². The molecule has 4 nitrogen and oxygen atoms in total. The van der Waals surface area contributed by atoms with Gasteiger partial charge in [-0.2, -0.15) is 0 Å². The van der Waals surface area contributed by atoms with E-state index >= 15 is 0 Å². The van der Waals surface area contributed by atoms with E-state index in [1.807, 2.05) is 0 Å². The number of benzene rings is 2. The minimum Gasteiger partial charge on any atom is -0.368 e. The Kier molecular flexibility index (Phi) is 6.81. The Morgan fingerprint density at radius 2 is 1.58 bits per heavy atom. The smallest absolute Gasteiger partial charge is 0.357 e. The van der Waals surface area contributed by atoms with E-state index in [-0.39, 0.29) is 19.0 Å². The zero-order valence-electron chi connectivity index (χ0n) is 13.5. The molecule has 0 saturated carbocycles.